The SMILES string of the molecule is CC(=O)C1CCC(C2CCC(OCc3ccc(C)c(F)c3C)CC2)CO1. The van der Waals surface area contributed by atoms with Crippen molar-refractivity contribution in [2.45, 2.75) is 78.1 Å². The van der Waals surface area contributed by atoms with Crippen LogP contribution in [0.25, 0.3) is 0 Å². The van der Waals surface area contributed by atoms with Crippen LogP contribution < -0.4 is 0 Å². The number of ether oxygens (including phenoxy) is 2. The Morgan fingerprint density at radius 2 is 1.81 bits per heavy atom. The quantitative estimate of drug-likeness (QED) is 0.747. The van der Waals surface area contributed by atoms with Gasteiger partial charge in [0.05, 0.1) is 19.3 Å². The molecule has 2 aliphatic rings. The molecule has 0 spiro atoms. The molecular formula is C22H31FO3. The summed E-state index contributed by atoms with van der Waals surface area (Å²) in [4.78, 5) is 11.4. The zero-order valence-electron chi connectivity index (χ0n) is 16.2. The molecular weight excluding hydrogens is 331 g/mol. The molecule has 144 valence electrons. The highest BCUT2D eigenvalue weighted by Crippen LogP contribution is 2.36. The molecule has 1 aromatic rings. The van der Waals surface area contributed by atoms with E-state index in [1.807, 2.05) is 19.1 Å². The number of ketones is 1. The summed E-state index contributed by atoms with van der Waals surface area (Å²) < 4.78 is 25.8. The fourth-order valence-electron chi connectivity index (χ4n) is 4.42. The third kappa shape index (κ3) is 4.52. The summed E-state index contributed by atoms with van der Waals surface area (Å²) in [6, 6.07) is 3.81. The minimum Gasteiger partial charge on any atom is -0.374 e. The maximum Gasteiger partial charge on any atom is 0.158 e. The van der Waals surface area contributed by atoms with Gasteiger partial charge in [0.25, 0.3) is 0 Å². The van der Waals surface area contributed by atoms with Gasteiger partial charge in [0.1, 0.15) is 11.9 Å². The number of halogens is 1. The molecule has 0 aromatic heterocycles. The van der Waals surface area contributed by atoms with Crippen LogP contribution in [-0.2, 0) is 20.9 Å². The Labute approximate surface area is 156 Å². The van der Waals surface area contributed by atoms with Crippen LogP contribution in [0.1, 0.15) is 62.1 Å². The first-order chi connectivity index (χ1) is 12.5. The molecule has 1 aliphatic carbocycles. The van der Waals surface area contributed by atoms with Gasteiger partial charge in [0, 0.05) is 0 Å². The average molecular weight is 362 g/mol. The Bertz CT molecular complexity index is 627. The molecule has 0 amide bonds. The highest BCUT2D eigenvalue weighted by atomic mass is 19.1. The second-order valence-electron chi connectivity index (χ2n) is 8.10. The van der Waals surface area contributed by atoms with Crippen LogP contribution in [0.3, 0.4) is 0 Å². The molecule has 3 rings (SSSR count). The molecule has 2 atom stereocenters. The molecule has 1 heterocycles. The van der Waals surface area contributed by atoms with Crippen molar-refractivity contribution in [3.05, 3.63) is 34.6 Å². The first-order valence-electron chi connectivity index (χ1n) is 9.94. The second kappa shape index (κ2) is 8.62. The van der Waals surface area contributed by atoms with Crippen LogP contribution in [0, 0.1) is 31.5 Å². The van der Waals surface area contributed by atoms with Crippen molar-refractivity contribution in [1.82, 2.24) is 0 Å². The summed E-state index contributed by atoms with van der Waals surface area (Å²) in [6.45, 7) is 6.46. The van der Waals surface area contributed by atoms with E-state index >= 15 is 0 Å². The zero-order valence-corrected chi connectivity index (χ0v) is 16.2. The van der Waals surface area contributed by atoms with E-state index in [-0.39, 0.29) is 23.8 Å². The topological polar surface area (TPSA) is 35.5 Å². The van der Waals surface area contributed by atoms with Gasteiger partial charge in [-0.2, -0.15) is 0 Å². The van der Waals surface area contributed by atoms with E-state index in [1.165, 1.54) is 0 Å². The van der Waals surface area contributed by atoms with Crippen molar-refractivity contribution < 1.29 is 18.7 Å². The highest BCUT2D eigenvalue weighted by molar-refractivity contribution is 5.80. The fourth-order valence-corrected chi connectivity index (χ4v) is 4.42. The summed E-state index contributed by atoms with van der Waals surface area (Å²) in [5.74, 6) is 1.31. The Morgan fingerprint density at radius 3 is 2.42 bits per heavy atom. The summed E-state index contributed by atoms with van der Waals surface area (Å²) in [5.41, 5.74) is 2.35. The number of carbonyl (C=O) groups is 1. The van der Waals surface area contributed by atoms with E-state index in [4.69, 9.17) is 9.47 Å². The lowest BCUT2D eigenvalue weighted by Gasteiger charge is -2.37. The van der Waals surface area contributed by atoms with E-state index in [2.05, 4.69) is 0 Å². The molecule has 4 heteroatoms. The van der Waals surface area contributed by atoms with Crippen LogP contribution >= 0.6 is 0 Å². The summed E-state index contributed by atoms with van der Waals surface area (Å²) in [6.07, 6.45) is 6.50. The molecule has 1 saturated heterocycles. The minimum absolute atomic E-state index is 0.115. The lowest BCUT2D eigenvalue weighted by Crippen LogP contribution is -2.36. The first-order valence-corrected chi connectivity index (χ1v) is 9.94. The van der Waals surface area contributed by atoms with E-state index in [0.717, 1.165) is 50.7 Å². The molecule has 1 saturated carbocycles. The third-order valence-electron chi connectivity index (χ3n) is 6.32. The van der Waals surface area contributed by atoms with Gasteiger partial charge in [-0.25, -0.2) is 4.39 Å². The molecule has 1 aliphatic heterocycles. The number of benzene rings is 1. The van der Waals surface area contributed by atoms with Crippen molar-refractivity contribution in [1.29, 1.82) is 0 Å². The summed E-state index contributed by atoms with van der Waals surface area (Å²) in [5, 5.41) is 0. The molecule has 26 heavy (non-hydrogen) atoms. The van der Waals surface area contributed by atoms with Gasteiger partial charge < -0.3 is 9.47 Å². The Kier molecular flexibility index (Phi) is 6.46. The standard InChI is InChI=1S/C22H31FO3/c1-14-4-5-18(15(2)22(14)23)12-25-20-9-6-17(7-10-20)19-8-11-21(16(3)24)26-13-19/h4-5,17,19-21H,6-13H2,1-3H3. The number of carbonyl (C=O) groups excluding carboxylic acids is 1. The van der Waals surface area contributed by atoms with E-state index in [0.29, 0.717) is 29.6 Å². The molecule has 3 nitrogen and oxygen atoms in total. The molecule has 0 radical (unpaired) electrons. The molecule has 1 aromatic carbocycles. The van der Waals surface area contributed by atoms with Gasteiger partial charge in [-0.05, 0) is 87.8 Å². The minimum atomic E-state index is -0.177. The summed E-state index contributed by atoms with van der Waals surface area (Å²) in [7, 11) is 0. The number of hydrogen-bond acceptors (Lipinski definition) is 3. The van der Waals surface area contributed by atoms with Gasteiger partial charge in [0.15, 0.2) is 5.78 Å². The number of aryl methyl sites for hydroxylation is 1. The van der Waals surface area contributed by atoms with Gasteiger partial charge >= 0.3 is 0 Å². The summed E-state index contributed by atoms with van der Waals surface area (Å²) >= 11 is 0. The van der Waals surface area contributed by atoms with E-state index in [1.54, 1.807) is 13.8 Å². The normalized spacial score (nSPS) is 29.5. The van der Waals surface area contributed by atoms with Gasteiger partial charge in [-0.15, -0.1) is 0 Å². The van der Waals surface area contributed by atoms with Crippen LogP contribution in [-0.4, -0.2) is 24.6 Å². The van der Waals surface area contributed by atoms with Gasteiger partial charge in [-0.1, -0.05) is 12.1 Å². The van der Waals surface area contributed by atoms with Crippen LogP contribution in [0.4, 0.5) is 4.39 Å². The van der Waals surface area contributed by atoms with Crippen LogP contribution in [0.2, 0.25) is 0 Å². The molecule has 0 bridgehead atoms. The average Bonchev–Trinajstić information content (AvgIpc) is 2.66. The molecule has 2 fully saturated rings. The number of hydrogen-bond donors (Lipinski definition) is 0. The second-order valence-corrected chi connectivity index (χ2v) is 8.10. The van der Waals surface area contributed by atoms with Crippen molar-refractivity contribution in [3.8, 4) is 0 Å². The van der Waals surface area contributed by atoms with Crippen molar-refractivity contribution >= 4 is 5.78 Å². The van der Waals surface area contributed by atoms with E-state index in [9.17, 15) is 9.18 Å². The van der Waals surface area contributed by atoms with Crippen molar-refractivity contribution in [2.75, 3.05) is 6.61 Å². The fraction of sp³-hybridized carbons (Fsp3) is 0.682. The Balaban J connectivity index is 1.43. The largest absolute Gasteiger partial charge is 0.374 e. The van der Waals surface area contributed by atoms with E-state index < -0.39 is 0 Å². The number of rotatable bonds is 5. The van der Waals surface area contributed by atoms with Crippen LogP contribution in [0.15, 0.2) is 12.1 Å². The van der Waals surface area contributed by atoms with Crippen LogP contribution in [0.5, 0.6) is 0 Å². The smallest absolute Gasteiger partial charge is 0.158 e. The molecule has 0 N–H and O–H groups in total. The first kappa shape index (κ1) is 19.5. The number of Topliss-reactive ketones (excluding diaryl/α,β-unsaturated/α-hetero) is 1. The predicted molar refractivity (Wildman–Crippen MR) is 99.6 cm³/mol. The highest BCUT2D eigenvalue weighted by Gasteiger charge is 2.32. The van der Waals surface area contributed by atoms with Gasteiger partial charge in [-0.3, -0.25) is 4.79 Å². The van der Waals surface area contributed by atoms with Crippen molar-refractivity contribution in [2.24, 2.45) is 11.8 Å². The Morgan fingerprint density at radius 1 is 1.12 bits per heavy atom. The lowest BCUT2D eigenvalue weighted by molar-refractivity contribution is -0.134. The maximum atomic E-state index is 14.0. The maximum absolute atomic E-state index is 14.0. The Hall–Kier alpha value is -1.26. The van der Waals surface area contributed by atoms with Gasteiger partial charge in [0.2, 0.25) is 0 Å². The monoisotopic (exact) mass is 362 g/mol. The molecule has 2 unspecified atom stereocenters. The zero-order chi connectivity index (χ0) is 18.7. The van der Waals surface area contributed by atoms with Crippen molar-refractivity contribution in [3.63, 3.8) is 0 Å². The predicted octanol–water partition coefficient (Wildman–Crippen LogP) is 4.90. The lowest BCUT2D eigenvalue weighted by atomic mass is 9.76. The third-order valence-corrected chi connectivity index (χ3v) is 6.32.